The predicted octanol–water partition coefficient (Wildman–Crippen LogP) is 3.29. The number of rotatable bonds is 3. The van der Waals surface area contributed by atoms with Gasteiger partial charge in [-0.05, 0) is 19.4 Å². The number of hydrogen-bond acceptors (Lipinski definition) is 0. The molecule has 0 radical (unpaired) electrons. The fraction of sp³-hybridized carbons (Fsp3) is 0.556. The Kier molecular flexibility index (Phi) is 2.96. The fourth-order valence-electron chi connectivity index (χ4n) is 1.44. The standard InChI is InChI=1S/C9H15ClSi/c1-9-5-3-7-11(9,2)8-4-6-10/h3,5,7H,4,6,8H2,1-2H3. The molecule has 1 aliphatic heterocycles. The van der Waals surface area contributed by atoms with E-state index in [0.29, 0.717) is 0 Å². The molecule has 1 heterocycles. The molecule has 1 atom stereocenters. The van der Waals surface area contributed by atoms with E-state index in [1.807, 2.05) is 0 Å². The monoisotopic (exact) mass is 186 g/mol. The van der Waals surface area contributed by atoms with E-state index in [-0.39, 0.29) is 0 Å². The zero-order valence-electron chi connectivity index (χ0n) is 7.23. The largest absolute Gasteiger partial charge is 0.127 e. The summed E-state index contributed by atoms with van der Waals surface area (Å²) in [5.74, 6) is 0.809. The van der Waals surface area contributed by atoms with Crippen molar-refractivity contribution in [3.63, 3.8) is 0 Å². The van der Waals surface area contributed by atoms with E-state index in [1.54, 1.807) is 5.20 Å². The van der Waals surface area contributed by atoms with Crippen molar-refractivity contribution < 1.29 is 0 Å². The lowest BCUT2D eigenvalue weighted by molar-refractivity contribution is 1.06. The van der Waals surface area contributed by atoms with E-state index in [1.165, 1.54) is 12.5 Å². The van der Waals surface area contributed by atoms with Crippen molar-refractivity contribution in [1.82, 2.24) is 0 Å². The van der Waals surface area contributed by atoms with Gasteiger partial charge in [0.1, 0.15) is 8.07 Å². The molecule has 0 N–H and O–H groups in total. The van der Waals surface area contributed by atoms with Crippen LogP contribution in [0.1, 0.15) is 13.3 Å². The Morgan fingerprint density at radius 1 is 1.55 bits per heavy atom. The van der Waals surface area contributed by atoms with Crippen LogP contribution in [0.25, 0.3) is 0 Å². The van der Waals surface area contributed by atoms with Gasteiger partial charge in [0.05, 0.1) is 0 Å². The second kappa shape index (κ2) is 3.59. The van der Waals surface area contributed by atoms with Crippen LogP contribution in [-0.2, 0) is 0 Å². The van der Waals surface area contributed by atoms with Crippen molar-refractivity contribution in [3.8, 4) is 0 Å². The molecule has 1 rings (SSSR count). The maximum Gasteiger partial charge on any atom is 0.102 e. The van der Waals surface area contributed by atoms with Crippen LogP contribution in [-0.4, -0.2) is 14.0 Å². The highest BCUT2D eigenvalue weighted by Crippen LogP contribution is 2.27. The van der Waals surface area contributed by atoms with Gasteiger partial charge in [0.2, 0.25) is 0 Å². The van der Waals surface area contributed by atoms with Gasteiger partial charge in [-0.25, -0.2) is 0 Å². The summed E-state index contributed by atoms with van der Waals surface area (Å²) in [5.41, 5.74) is 2.41. The molecule has 0 bridgehead atoms. The highest BCUT2D eigenvalue weighted by Gasteiger charge is 2.27. The Bertz CT molecular complexity index is 196. The number of alkyl halides is 1. The third-order valence-electron chi connectivity index (χ3n) is 2.54. The lowest BCUT2D eigenvalue weighted by Crippen LogP contribution is -2.27. The van der Waals surface area contributed by atoms with Gasteiger partial charge in [0, 0.05) is 5.88 Å². The number of halogens is 1. The highest BCUT2D eigenvalue weighted by atomic mass is 35.5. The number of hydrogen-bond donors (Lipinski definition) is 0. The van der Waals surface area contributed by atoms with E-state index in [4.69, 9.17) is 11.6 Å². The molecule has 0 aromatic heterocycles. The van der Waals surface area contributed by atoms with E-state index >= 15 is 0 Å². The Hall–Kier alpha value is -0.0131. The van der Waals surface area contributed by atoms with Crippen LogP contribution in [0.2, 0.25) is 12.6 Å². The van der Waals surface area contributed by atoms with Gasteiger partial charge in [-0.15, -0.1) is 11.6 Å². The molecule has 0 nitrogen and oxygen atoms in total. The Morgan fingerprint density at radius 3 is 2.73 bits per heavy atom. The van der Waals surface area contributed by atoms with Crippen molar-refractivity contribution in [2.75, 3.05) is 5.88 Å². The predicted molar refractivity (Wildman–Crippen MR) is 54.7 cm³/mol. The molecule has 0 spiro atoms. The molecule has 0 fully saturated rings. The van der Waals surface area contributed by atoms with E-state index in [9.17, 15) is 0 Å². The van der Waals surface area contributed by atoms with Crippen LogP contribution in [0.4, 0.5) is 0 Å². The van der Waals surface area contributed by atoms with Crippen molar-refractivity contribution >= 4 is 19.7 Å². The normalized spacial score (nSPS) is 29.2. The smallest absolute Gasteiger partial charge is 0.102 e. The third-order valence-corrected chi connectivity index (χ3v) is 7.10. The molecular weight excluding hydrogens is 172 g/mol. The summed E-state index contributed by atoms with van der Waals surface area (Å²) in [4.78, 5) is 0. The SMILES string of the molecule is CC1=CC=C[Si]1(C)CCCCl. The summed E-state index contributed by atoms with van der Waals surface area (Å²) < 4.78 is 0. The fourth-order valence-corrected chi connectivity index (χ4v) is 4.53. The van der Waals surface area contributed by atoms with Crippen LogP contribution in [0.3, 0.4) is 0 Å². The van der Waals surface area contributed by atoms with Gasteiger partial charge >= 0.3 is 0 Å². The molecule has 0 aromatic rings. The Morgan fingerprint density at radius 2 is 2.27 bits per heavy atom. The van der Waals surface area contributed by atoms with Crippen molar-refractivity contribution in [2.45, 2.75) is 25.9 Å². The molecule has 1 unspecified atom stereocenters. The number of allylic oxidation sites excluding steroid dienone is 3. The van der Waals surface area contributed by atoms with E-state index in [2.05, 4.69) is 31.3 Å². The summed E-state index contributed by atoms with van der Waals surface area (Å²) >= 11 is 5.67. The third kappa shape index (κ3) is 1.97. The van der Waals surface area contributed by atoms with Crippen molar-refractivity contribution in [1.29, 1.82) is 0 Å². The first kappa shape index (κ1) is 9.08. The van der Waals surface area contributed by atoms with Gasteiger partial charge in [-0.1, -0.05) is 29.6 Å². The summed E-state index contributed by atoms with van der Waals surface area (Å²) in [6.07, 6.45) is 5.62. The molecule has 0 saturated carbocycles. The summed E-state index contributed by atoms with van der Waals surface area (Å²) in [7, 11) is -1.11. The van der Waals surface area contributed by atoms with Gasteiger partial charge < -0.3 is 0 Å². The van der Waals surface area contributed by atoms with Gasteiger partial charge in [0.25, 0.3) is 0 Å². The van der Waals surface area contributed by atoms with Crippen LogP contribution >= 0.6 is 11.6 Å². The van der Waals surface area contributed by atoms with Gasteiger partial charge in [0.15, 0.2) is 0 Å². The summed E-state index contributed by atoms with van der Waals surface area (Å²) in [5, 5.41) is 1.60. The lowest BCUT2D eigenvalue weighted by atomic mass is 10.5. The second-order valence-corrected chi connectivity index (χ2v) is 8.25. The van der Waals surface area contributed by atoms with E-state index < -0.39 is 8.07 Å². The molecule has 62 valence electrons. The molecule has 0 amide bonds. The van der Waals surface area contributed by atoms with Crippen LogP contribution in [0.5, 0.6) is 0 Å². The Balaban J connectivity index is 2.53. The van der Waals surface area contributed by atoms with Crippen LogP contribution in [0.15, 0.2) is 23.0 Å². The zero-order valence-corrected chi connectivity index (χ0v) is 8.99. The van der Waals surface area contributed by atoms with Crippen LogP contribution in [0, 0.1) is 0 Å². The molecule has 0 aliphatic carbocycles. The van der Waals surface area contributed by atoms with Crippen molar-refractivity contribution in [3.05, 3.63) is 23.0 Å². The first-order valence-electron chi connectivity index (χ1n) is 4.11. The average Bonchev–Trinajstić information content (AvgIpc) is 2.30. The van der Waals surface area contributed by atoms with Crippen LogP contribution < -0.4 is 0 Å². The minimum Gasteiger partial charge on any atom is -0.127 e. The maximum absolute atomic E-state index is 5.67. The molecule has 11 heavy (non-hydrogen) atoms. The van der Waals surface area contributed by atoms with Crippen molar-refractivity contribution in [2.24, 2.45) is 0 Å². The quantitative estimate of drug-likeness (QED) is 0.469. The first-order valence-corrected chi connectivity index (χ1v) is 7.43. The lowest BCUT2D eigenvalue weighted by Gasteiger charge is -2.20. The Labute approximate surface area is 75.0 Å². The minimum atomic E-state index is -1.11. The van der Waals surface area contributed by atoms with Gasteiger partial charge in [-0.2, -0.15) is 0 Å². The topological polar surface area (TPSA) is 0 Å². The molecule has 0 aromatic carbocycles. The van der Waals surface area contributed by atoms with E-state index in [0.717, 1.165) is 5.88 Å². The molecular formula is C9H15ClSi. The molecule has 0 saturated heterocycles. The van der Waals surface area contributed by atoms with Gasteiger partial charge in [-0.3, -0.25) is 0 Å². The second-order valence-electron chi connectivity index (χ2n) is 3.42. The average molecular weight is 187 g/mol. The summed E-state index contributed by atoms with van der Waals surface area (Å²) in [6.45, 7) is 4.66. The first-order chi connectivity index (χ1) is 5.19. The highest BCUT2D eigenvalue weighted by molar-refractivity contribution is 6.90. The summed E-state index contributed by atoms with van der Waals surface area (Å²) in [6, 6.07) is 1.31. The zero-order chi connectivity index (χ0) is 8.32. The molecule has 2 heteroatoms. The molecule has 1 aliphatic rings. The maximum atomic E-state index is 5.67. The minimum absolute atomic E-state index is 0.809.